The quantitative estimate of drug-likeness (QED) is 0.750. The van der Waals surface area contributed by atoms with Gasteiger partial charge in [0.05, 0.1) is 6.61 Å². The number of methoxy groups -OCH3 is 1. The minimum Gasteiger partial charge on any atom is -0.383 e. The number of ether oxygens (including phenoxy) is 1. The first-order chi connectivity index (χ1) is 7.72. The molecule has 1 heterocycles. The van der Waals surface area contributed by atoms with Crippen LogP contribution in [0.5, 0.6) is 0 Å². The number of benzene rings is 1. The van der Waals surface area contributed by atoms with Crippen LogP contribution in [0.2, 0.25) is 0 Å². The predicted octanol–water partition coefficient (Wildman–Crippen LogP) is 1.22. The summed E-state index contributed by atoms with van der Waals surface area (Å²) in [4.78, 5) is 11.7. The number of hydrogen-bond acceptors (Lipinski definition) is 3. The molecule has 2 rings (SSSR count). The summed E-state index contributed by atoms with van der Waals surface area (Å²) in [5.74, 6) is 0.0108. The van der Waals surface area contributed by atoms with Gasteiger partial charge in [0, 0.05) is 24.9 Å². The Hall–Kier alpha value is -1.39. The zero-order valence-corrected chi connectivity index (χ0v) is 9.54. The van der Waals surface area contributed by atoms with Gasteiger partial charge in [-0.05, 0) is 13.0 Å². The molecule has 1 atom stereocenters. The number of fused-ring (bicyclic) bond motifs is 1. The van der Waals surface area contributed by atoms with Crippen LogP contribution in [0.1, 0.15) is 17.2 Å². The van der Waals surface area contributed by atoms with Crippen LogP contribution in [0, 0.1) is 6.92 Å². The van der Waals surface area contributed by atoms with Crippen LogP contribution in [-0.2, 0) is 9.53 Å². The van der Waals surface area contributed by atoms with Crippen molar-refractivity contribution in [3.8, 4) is 0 Å². The van der Waals surface area contributed by atoms with E-state index in [1.807, 2.05) is 25.1 Å². The summed E-state index contributed by atoms with van der Waals surface area (Å²) in [7, 11) is 1.65. The van der Waals surface area contributed by atoms with Crippen molar-refractivity contribution in [2.24, 2.45) is 0 Å². The number of carbonyl (C=O) groups excluding carboxylic acids is 1. The molecule has 4 nitrogen and oxygen atoms in total. The summed E-state index contributed by atoms with van der Waals surface area (Å²) in [6.45, 7) is 3.29. The van der Waals surface area contributed by atoms with Crippen LogP contribution >= 0.6 is 0 Å². The van der Waals surface area contributed by atoms with Crippen LogP contribution < -0.4 is 10.6 Å². The van der Waals surface area contributed by atoms with E-state index < -0.39 is 0 Å². The van der Waals surface area contributed by atoms with Crippen LogP contribution in [0.25, 0.3) is 0 Å². The van der Waals surface area contributed by atoms with Gasteiger partial charge in [0.25, 0.3) is 0 Å². The zero-order chi connectivity index (χ0) is 11.5. The van der Waals surface area contributed by atoms with E-state index in [1.165, 1.54) is 0 Å². The minimum absolute atomic E-state index is 0.0108. The summed E-state index contributed by atoms with van der Waals surface area (Å²) in [5.41, 5.74) is 3.10. The van der Waals surface area contributed by atoms with Gasteiger partial charge in [-0.15, -0.1) is 0 Å². The predicted molar refractivity (Wildman–Crippen MR) is 62.4 cm³/mol. The molecule has 0 bridgehead atoms. The smallest absolute Gasteiger partial charge is 0.246 e. The van der Waals surface area contributed by atoms with Gasteiger partial charge >= 0.3 is 0 Å². The van der Waals surface area contributed by atoms with E-state index in [1.54, 1.807) is 7.11 Å². The summed E-state index contributed by atoms with van der Waals surface area (Å²) >= 11 is 0. The van der Waals surface area contributed by atoms with E-state index in [-0.39, 0.29) is 11.9 Å². The maximum Gasteiger partial charge on any atom is 0.246 e. The van der Waals surface area contributed by atoms with Crippen molar-refractivity contribution in [1.82, 2.24) is 5.32 Å². The van der Waals surface area contributed by atoms with Crippen LogP contribution in [0.4, 0.5) is 5.69 Å². The van der Waals surface area contributed by atoms with E-state index in [2.05, 4.69) is 10.6 Å². The van der Waals surface area contributed by atoms with E-state index in [0.717, 1.165) is 16.8 Å². The average Bonchev–Trinajstić information content (AvgIpc) is 2.56. The molecule has 86 valence electrons. The number of anilines is 1. The van der Waals surface area contributed by atoms with Crippen molar-refractivity contribution in [1.29, 1.82) is 0 Å². The molecule has 4 heteroatoms. The molecule has 1 aromatic rings. The Kier molecular flexibility index (Phi) is 3.22. The van der Waals surface area contributed by atoms with Gasteiger partial charge in [0.2, 0.25) is 5.91 Å². The van der Waals surface area contributed by atoms with Crippen molar-refractivity contribution in [3.63, 3.8) is 0 Å². The molecule has 1 amide bonds. The van der Waals surface area contributed by atoms with Gasteiger partial charge < -0.3 is 10.1 Å². The molecule has 0 aliphatic carbocycles. The monoisotopic (exact) mass is 220 g/mol. The van der Waals surface area contributed by atoms with Crippen molar-refractivity contribution in [2.75, 3.05) is 25.6 Å². The number of aryl methyl sites for hydroxylation is 1. The number of rotatable bonds is 4. The Morgan fingerprint density at radius 3 is 3.06 bits per heavy atom. The van der Waals surface area contributed by atoms with E-state index in [0.29, 0.717) is 13.2 Å². The summed E-state index contributed by atoms with van der Waals surface area (Å²) in [6, 6.07) is 5.74. The van der Waals surface area contributed by atoms with Gasteiger partial charge in [-0.2, -0.15) is 0 Å². The molecule has 16 heavy (non-hydrogen) atoms. The number of amides is 1. The van der Waals surface area contributed by atoms with E-state index >= 15 is 0 Å². The SMILES string of the molecule is COCCNC1C(=O)Nc2ccc(C)cc21. The van der Waals surface area contributed by atoms with Crippen molar-refractivity contribution >= 4 is 11.6 Å². The Labute approximate surface area is 95.0 Å². The second-order valence-electron chi connectivity index (χ2n) is 3.96. The lowest BCUT2D eigenvalue weighted by Gasteiger charge is -2.11. The summed E-state index contributed by atoms with van der Waals surface area (Å²) in [5, 5.41) is 6.04. The fourth-order valence-electron chi connectivity index (χ4n) is 1.89. The molecule has 1 aliphatic heterocycles. The molecule has 0 fully saturated rings. The fraction of sp³-hybridized carbons (Fsp3) is 0.417. The van der Waals surface area contributed by atoms with Crippen molar-refractivity contribution in [3.05, 3.63) is 29.3 Å². The number of hydrogen-bond donors (Lipinski definition) is 2. The first-order valence-electron chi connectivity index (χ1n) is 5.36. The molecule has 0 spiro atoms. The Balaban J connectivity index is 2.15. The third kappa shape index (κ3) is 2.08. The Bertz CT molecular complexity index is 404. The largest absolute Gasteiger partial charge is 0.383 e. The first-order valence-corrected chi connectivity index (χ1v) is 5.36. The van der Waals surface area contributed by atoms with Crippen molar-refractivity contribution < 1.29 is 9.53 Å². The lowest BCUT2D eigenvalue weighted by molar-refractivity contribution is -0.117. The lowest BCUT2D eigenvalue weighted by Crippen LogP contribution is -2.30. The molecule has 0 aromatic heterocycles. The third-order valence-electron chi connectivity index (χ3n) is 2.69. The highest BCUT2D eigenvalue weighted by Gasteiger charge is 2.29. The maximum atomic E-state index is 11.7. The lowest BCUT2D eigenvalue weighted by atomic mass is 10.1. The molecule has 1 unspecified atom stereocenters. The zero-order valence-electron chi connectivity index (χ0n) is 9.54. The molecular weight excluding hydrogens is 204 g/mol. The van der Waals surface area contributed by atoms with Gasteiger partial charge in [-0.1, -0.05) is 17.7 Å². The molecule has 0 saturated carbocycles. The fourth-order valence-corrected chi connectivity index (χ4v) is 1.89. The van der Waals surface area contributed by atoms with Gasteiger partial charge in [-0.3, -0.25) is 10.1 Å². The normalized spacial score (nSPS) is 18.4. The first kappa shape index (κ1) is 11.1. The molecule has 0 radical (unpaired) electrons. The second kappa shape index (κ2) is 4.63. The van der Waals surface area contributed by atoms with E-state index in [9.17, 15) is 4.79 Å². The van der Waals surface area contributed by atoms with Crippen LogP contribution in [-0.4, -0.2) is 26.2 Å². The molecule has 0 saturated heterocycles. The number of carbonyl (C=O) groups is 1. The number of nitrogens with one attached hydrogen (secondary N) is 2. The molecule has 2 N–H and O–H groups in total. The van der Waals surface area contributed by atoms with Crippen LogP contribution in [0.3, 0.4) is 0 Å². The standard InChI is InChI=1S/C12H16N2O2/c1-8-3-4-10-9(7-8)11(12(15)14-10)13-5-6-16-2/h3-4,7,11,13H,5-6H2,1-2H3,(H,14,15). The molecule has 1 aliphatic rings. The minimum atomic E-state index is -0.245. The highest BCUT2D eigenvalue weighted by molar-refractivity contribution is 6.02. The Morgan fingerprint density at radius 1 is 1.50 bits per heavy atom. The third-order valence-corrected chi connectivity index (χ3v) is 2.69. The van der Waals surface area contributed by atoms with Gasteiger partial charge in [0.1, 0.15) is 6.04 Å². The second-order valence-corrected chi connectivity index (χ2v) is 3.96. The highest BCUT2D eigenvalue weighted by Crippen LogP contribution is 2.31. The average molecular weight is 220 g/mol. The van der Waals surface area contributed by atoms with Crippen molar-refractivity contribution in [2.45, 2.75) is 13.0 Å². The maximum absolute atomic E-state index is 11.7. The van der Waals surface area contributed by atoms with Gasteiger partial charge in [-0.25, -0.2) is 0 Å². The van der Waals surface area contributed by atoms with E-state index in [4.69, 9.17) is 4.74 Å². The summed E-state index contributed by atoms with van der Waals surface area (Å²) in [6.07, 6.45) is 0. The topological polar surface area (TPSA) is 50.4 Å². The van der Waals surface area contributed by atoms with Crippen LogP contribution in [0.15, 0.2) is 18.2 Å². The summed E-state index contributed by atoms with van der Waals surface area (Å²) < 4.78 is 4.95. The molecule has 1 aromatic carbocycles. The highest BCUT2D eigenvalue weighted by atomic mass is 16.5. The Morgan fingerprint density at radius 2 is 2.31 bits per heavy atom. The molecular formula is C12H16N2O2. The van der Waals surface area contributed by atoms with Gasteiger partial charge in [0.15, 0.2) is 0 Å².